The lowest BCUT2D eigenvalue weighted by molar-refractivity contribution is 0.0689. The fourth-order valence-electron chi connectivity index (χ4n) is 5.93. The smallest absolute Gasteiger partial charge is 0.336 e. The number of hydrogen-bond donors (Lipinski definition) is 3. The van der Waals surface area contributed by atoms with Gasteiger partial charge in [-0.25, -0.2) is 9.18 Å². The Kier molecular flexibility index (Phi) is 9.53. The van der Waals surface area contributed by atoms with Gasteiger partial charge in [0.25, 0.3) is 11.5 Å². The minimum absolute atomic E-state index is 0.0537. The van der Waals surface area contributed by atoms with Crippen molar-refractivity contribution in [3.63, 3.8) is 0 Å². The van der Waals surface area contributed by atoms with Crippen LogP contribution in [0.15, 0.2) is 71.7 Å². The maximum atomic E-state index is 14.1. The Labute approximate surface area is 272 Å². The second-order valence-electron chi connectivity index (χ2n) is 12.7. The van der Waals surface area contributed by atoms with E-state index in [1.165, 1.54) is 34.9 Å². The third-order valence-corrected chi connectivity index (χ3v) is 8.51. The first kappa shape index (κ1) is 33.4. The first-order valence-electron chi connectivity index (χ1n) is 15.5. The molecule has 1 heterocycles. The molecule has 1 amide bonds. The van der Waals surface area contributed by atoms with Crippen LogP contribution in [0.5, 0.6) is 17.2 Å². The summed E-state index contributed by atoms with van der Waals surface area (Å²) in [5, 5.41) is 23.3. The molecular formula is C37H39FN2O7. The number of amides is 1. The highest BCUT2D eigenvalue weighted by Crippen LogP contribution is 2.42. The molecule has 3 aromatic carbocycles. The first-order valence-corrected chi connectivity index (χ1v) is 15.5. The van der Waals surface area contributed by atoms with E-state index in [9.17, 15) is 29.0 Å². The van der Waals surface area contributed by atoms with E-state index in [1.54, 1.807) is 71.3 Å². The molecule has 0 aliphatic heterocycles. The van der Waals surface area contributed by atoms with Gasteiger partial charge in [0, 0.05) is 36.5 Å². The van der Waals surface area contributed by atoms with Gasteiger partial charge in [0.2, 0.25) is 0 Å². The SMILES string of the molecule is Cc1cc(F)cc(C)c1Oc1ccc(C(C)(C)O)cc1-c1cn(C)c(=O)cc1OC1CCC(NC(=O)c2ccccc2C(=O)O)CC1. The van der Waals surface area contributed by atoms with Crippen molar-refractivity contribution in [2.75, 3.05) is 0 Å². The molecule has 1 aliphatic rings. The molecule has 10 heteroatoms. The maximum absolute atomic E-state index is 14.1. The van der Waals surface area contributed by atoms with Crippen LogP contribution in [-0.4, -0.2) is 38.8 Å². The summed E-state index contributed by atoms with van der Waals surface area (Å²) in [7, 11) is 1.64. The van der Waals surface area contributed by atoms with Gasteiger partial charge in [-0.05, 0) is 106 Å². The summed E-state index contributed by atoms with van der Waals surface area (Å²) < 4.78 is 28.4. The number of rotatable bonds is 9. The van der Waals surface area contributed by atoms with Crippen LogP contribution in [-0.2, 0) is 12.6 Å². The summed E-state index contributed by atoms with van der Waals surface area (Å²) in [5.74, 6) is -0.678. The summed E-state index contributed by atoms with van der Waals surface area (Å²) in [5.41, 5.74) is 1.62. The van der Waals surface area contributed by atoms with Gasteiger partial charge in [0.15, 0.2) is 0 Å². The van der Waals surface area contributed by atoms with Crippen LogP contribution in [0.25, 0.3) is 11.1 Å². The van der Waals surface area contributed by atoms with Crippen LogP contribution in [0.3, 0.4) is 0 Å². The number of aliphatic hydroxyl groups is 1. The molecule has 4 aromatic rings. The first-order chi connectivity index (χ1) is 22.2. The highest BCUT2D eigenvalue weighted by atomic mass is 19.1. The van der Waals surface area contributed by atoms with Crippen molar-refractivity contribution in [3.05, 3.63) is 111 Å². The molecular weight excluding hydrogens is 603 g/mol. The van der Waals surface area contributed by atoms with E-state index in [0.29, 0.717) is 70.7 Å². The Balaban J connectivity index is 1.42. The van der Waals surface area contributed by atoms with Crippen LogP contribution >= 0.6 is 0 Å². The third-order valence-electron chi connectivity index (χ3n) is 8.51. The van der Waals surface area contributed by atoms with Crippen molar-refractivity contribution in [1.82, 2.24) is 9.88 Å². The average Bonchev–Trinajstić information content (AvgIpc) is 3.01. The largest absolute Gasteiger partial charge is 0.490 e. The van der Waals surface area contributed by atoms with E-state index in [4.69, 9.17) is 9.47 Å². The molecule has 5 rings (SSSR count). The number of carboxylic acid groups (broad SMARTS) is 1. The summed E-state index contributed by atoms with van der Waals surface area (Å²) in [6.45, 7) is 6.88. The topological polar surface area (TPSA) is 127 Å². The van der Waals surface area contributed by atoms with Crippen molar-refractivity contribution in [3.8, 4) is 28.4 Å². The second-order valence-corrected chi connectivity index (χ2v) is 12.7. The molecule has 246 valence electrons. The quantitative estimate of drug-likeness (QED) is 0.187. The Bertz CT molecular complexity index is 1860. The van der Waals surface area contributed by atoms with Gasteiger partial charge in [-0.1, -0.05) is 18.2 Å². The van der Waals surface area contributed by atoms with Gasteiger partial charge < -0.3 is 29.6 Å². The van der Waals surface area contributed by atoms with Crippen molar-refractivity contribution >= 4 is 11.9 Å². The zero-order valence-electron chi connectivity index (χ0n) is 27.1. The average molecular weight is 643 g/mol. The van der Waals surface area contributed by atoms with Crippen molar-refractivity contribution in [2.45, 2.75) is 71.1 Å². The third kappa shape index (κ3) is 7.55. The number of aromatic carboxylic acids is 1. The highest BCUT2D eigenvalue weighted by Gasteiger charge is 2.28. The predicted octanol–water partition coefficient (Wildman–Crippen LogP) is 6.65. The zero-order chi connectivity index (χ0) is 34.0. The van der Waals surface area contributed by atoms with Gasteiger partial charge in [-0.15, -0.1) is 0 Å². The number of pyridine rings is 1. The number of hydrogen-bond acceptors (Lipinski definition) is 6. The maximum Gasteiger partial charge on any atom is 0.336 e. The number of nitrogens with zero attached hydrogens (tertiary/aromatic N) is 1. The van der Waals surface area contributed by atoms with Gasteiger partial charge in [-0.2, -0.15) is 0 Å². The summed E-state index contributed by atoms with van der Waals surface area (Å²) in [4.78, 5) is 37.3. The van der Waals surface area contributed by atoms with Gasteiger partial charge in [-0.3, -0.25) is 9.59 Å². The van der Waals surface area contributed by atoms with Crippen molar-refractivity contribution in [1.29, 1.82) is 0 Å². The molecule has 3 N–H and O–H groups in total. The Morgan fingerprint density at radius 1 is 0.915 bits per heavy atom. The van der Waals surface area contributed by atoms with Gasteiger partial charge in [0.05, 0.1) is 22.8 Å². The van der Waals surface area contributed by atoms with Crippen LogP contribution in [0.4, 0.5) is 4.39 Å². The number of carbonyl (C=O) groups excluding carboxylic acids is 1. The lowest BCUT2D eigenvalue weighted by atomic mass is 9.92. The summed E-state index contributed by atoms with van der Waals surface area (Å²) in [6, 6.07) is 15.5. The number of carboxylic acids is 1. The molecule has 1 aliphatic carbocycles. The molecule has 0 saturated heterocycles. The number of ether oxygens (including phenoxy) is 2. The molecule has 47 heavy (non-hydrogen) atoms. The number of aromatic nitrogens is 1. The van der Waals surface area contributed by atoms with E-state index in [1.807, 2.05) is 0 Å². The van der Waals surface area contributed by atoms with Crippen LogP contribution in [0, 0.1) is 19.7 Å². The highest BCUT2D eigenvalue weighted by molar-refractivity contribution is 6.04. The van der Waals surface area contributed by atoms with Gasteiger partial charge in [0.1, 0.15) is 23.1 Å². The molecule has 0 spiro atoms. The minimum atomic E-state index is -1.18. The Hall–Kier alpha value is -4.96. The fraction of sp³-hybridized carbons (Fsp3) is 0.324. The normalized spacial score (nSPS) is 16.4. The zero-order valence-corrected chi connectivity index (χ0v) is 27.1. The van der Waals surface area contributed by atoms with E-state index in [0.717, 1.165) is 0 Å². The number of carbonyl (C=O) groups is 2. The van der Waals surface area contributed by atoms with E-state index in [2.05, 4.69) is 5.32 Å². The summed E-state index contributed by atoms with van der Waals surface area (Å²) in [6.07, 6.45) is 3.77. The molecule has 1 saturated carbocycles. The standard InChI is InChI=1S/C37H39FN2O7/c1-21-16-24(38)17-22(2)34(21)47-31-15-10-23(37(3,4)45)18-29(31)30-20-40(5)33(41)19-32(30)46-26-13-11-25(12-14-26)39-35(42)27-8-6-7-9-28(27)36(43)44/h6-10,15-20,25-26,45H,11-14H2,1-5H3,(H,39,42)(H,43,44). The molecule has 0 atom stereocenters. The minimum Gasteiger partial charge on any atom is -0.490 e. The van der Waals surface area contributed by atoms with E-state index in [-0.39, 0.29) is 34.6 Å². The fourth-order valence-corrected chi connectivity index (χ4v) is 5.93. The lowest BCUT2D eigenvalue weighted by Gasteiger charge is -2.30. The predicted molar refractivity (Wildman–Crippen MR) is 176 cm³/mol. The number of nitrogens with one attached hydrogen (secondary N) is 1. The lowest BCUT2D eigenvalue weighted by Crippen LogP contribution is -2.40. The van der Waals surface area contributed by atoms with Gasteiger partial charge >= 0.3 is 5.97 Å². The van der Waals surface area contributed by atoms with Crippen LogP contribution in [0.1, 0.15) is 76.9 Å². The van der Waals surface area contributed by atoms with Crippen molar-refractivity contribution in [2.24, 2.45) is 7.05 Å². The summed E-state index contributed by atoms with van der Waals surface area (Å²) >= 11 is 0. The molecule has 1 aromatic heterocycles. The number of aryl methyl sites for hydroxylation is 3. The Morgan fingerprint density at radius 3 is 2.17 bits per heavy atom. The number of halogens is 1. The van der Waals surface area contributed by atoms with Crippen LogP contribution < -0.4 is 20.3 Å². The second kappa shape index (κ2) is 13.4. The van der Waals surface area contributed by atoms with E-state index < -0.39 is 17.5 Å². The van der Waals surface area contributed by atoms with Crippen molar-refractivity contribution < 1.29 is 33.7 Å². The molecule has 9 nitrogen and oxygen atoms in total. The van der Waals surface area contributed by atoms with E-state index >= 15 is 0 Å². The van der Waals surface area contributed by atoms with Crippen LogP contribution in [0.2, 0.25) is 0 Å². The molecule has 0 radical (unpaired) electrons. The Morgan fingerprint density at radius 2 is 1.55 bits per heavy atom. The molecule has 1 fully saturated rings. The number of benzene rings is 3. The molecule has 0 unspecified atom stereocenters. The molecule has 0 bridgehead atoms. The monoisotopic (exact) mass is 642 g/mol.